The summed E-state index contributed by atoms with van der Waals surface area (Å²) in [7, 11) is 1.32. The molecular formula is C20H22N4O5. The zero-order chi connectivity index (χ0) is 20.3. The summed E-state index contributed by atoms with van der Waals surface area (Å²) < 4.78 is 16.1. The van der Waals surface area contributed by atoms with E-state index in [1.165, 1.54) is 7.11 Å². The number of benzene rings is 1. The van der Waals surface area contributed by atoms with Crippen LogP contribution in [0.25, 0.3) is 0 Å². The smallest absolute Gasteiger partial charge is 0.337 e. The van der Waals surface area contributed by atoms with Crippen LogP contribution < -0.4 is 10.2 Å². The van der Waals surface area contributed by atoms with E-state index in [9.17, 15) is 9.59 Å². The zero-order valence-corrected chi connectivity index (χ0v) is 16.1. The quantitative estimate of drug-likeness (QED) is 0.779. The van der Waals surface area contributed by atoms with Gasteiger partial charge in [-0.25, -0.2) is 4.79 Å². The third-order valence-electron chi connectivity index (χ3n) is 5.11. The minimum absolute atomic E-state index is 0.210. The summed E-state index contributed by atoms with van der Waals surface area (Å²) in [5, 5.41) is 11.0. The predicted molar refractivity (Wildman–Crippen MR) is 104 cm³/mol. The highest BCUT2D eigenvalue weighted by molar-refractivity contribution is 6.03. The number of ether oxygens (including phenoxy) is 3. The molecule has 0 unspecified atom stereocenters. The molecule has 9 heteroatoms. The van der Waals surface area contributed by atoms with Crippen molar-refractivity contribution in [3.8, 4) is 0 Å². The topological polar surface area (TPSA) is 103 Å². The van der Waals surface area contributed by atoms with Gasteiger partial charge in [-0.15, -0.1) is 10.2 Å². The van der Waals surface area contributed by atoms with E-state index < -0.39 is 11.8 Å². The second-order valence-electron chi connectivity index (χ2n) is 6.89. The normalized spacial score (nSPS) is 17.9. The molecule has 9 nitrogen and oxygen atoms in total. The Bertz CT molecular complexity index is 869. The van der Waals surface area contributed by atoms with Gasteiger partial charge in [0.1, 0.15) is 0 Å². The largest absolute Gasteiger partial charge is 0.465 e. The first-order chi connectivity index (χ1) is 14.1. The van der Waals surface area contributed by atoms with Crippen LogP contribution in [0.2, 0.25) is 0 Å². The lowest BCUT2D eigenvalue weighted by molar-refractivity contribution is -0.169. The van der Waals surface area contributed by atoms with Crippen molar-refractivity contribution in [2.75, 3.05) is 43.6 Å². The van der Waals surface area contributed by atoms with Gasteiger partial charge in [0.05, 0.1) is 25.9 Å². The molecule has 2 aliphatic rings. The molecule has 1 aromatic carbocycles. The van der Waals surface area contributed by atoms with E-state index in [0.29, 0.717) is 24.5 Å². The number of nitrogens with zero attached hydrogens (tertiary/aromatic N) is 3. The lowest BCUT2D eigenvalue weighted by Gasteiger charge is -2.37. The molecule has 152 valence electrons. The Labute approximate surface area is 168 Å². The summed E-state index contributed by atoms with van der Waals surface area (Å²) in [5.41, 5.74) is 1.17. The number of aromatic nitrogens is 2. The molecule has 1 amide bonds. The number of rotatable bonds is 4. The minimum atomic E-state index is -0.437. The van der Waals surface area contributed by atoms with Crippen LogP contribution in [-0.2, 0) is 14.2 Å². The van der Waals surface area contributed by atoms with Gasteiger partial charge in [0.15, 0.2) is 17.3 Å². The first-order valence-corrected chi connectivity index (χ1v) is 9.45. The number of carbonyl (C=O) groups is 2. The maximum Gasteiger partial charge on any atom is 0.337 e. The molecule has 0 aliphatic carbocycles. The van der Waals surface area contributed by atoms with Gasteiger partial charge < -0.3 is 24.4 Å². The maximum atomic E-state index is 12.4. The van der Waals surface area contributed by atoms with E-state index in [-0.39, 0.29) is 11.6 Å². The zero-order valence-electron chi connectivity index (χ0n) is 16.1. The molecular weight excluding hydrogens is 376 g/mol. The summed E-state index contributed by atoms with van der Waals surface area (Å²) in [6, 6.07) is 9.85. The van der Waals surface area contributed by atoms with Crippen molar-refractivity contribution in [2.24, 2.45) is 0 Å². The summed E-state index contributed by atoms with van der Waals surface area (Å²) in [6.45, 7) is 2.81. The van der Waals surface area contributed by atoms with Gasteiger partial charge in [0.25, 0.3) is 5.91 Å². The molecule has 3 heterocycles. The van der Waals surface area contributed by atoms with Crippen LogP contribution in [0, 0.1) is 0 Å². The van der Waals surface area contributed by atoms with E-state index in [1.807, 2.05) is 0 Å². The van der Waals surface area contributed by atoms with E-state index in [2.05, 4.69) is 25.2 Å². The van der Waals surface area contributed by atoms with Gasteiger partial charge in [-0.3, -0.25) is 4.79 Å². The fraction of sp³-hybridized carbons (Fsp3) is 0.400. The first-order valence-electron chi connectivity index (χ1n) is 9.45. The molecule has 2 fully saturated rings. The molecule has 2 saturated heterocycles. The monoisotopic (exact) mass is 398 g/mol. The van der Waals surface area contributed by atoms with E-state index in [4.69, 9.17) is 9.47 Å². The van der Waals surface area contributed by atoms with Gasteiger partial charge in [0, 0.05) is 31.6 Å². The Morgan fingerprint density at radius 1 is 1.03 bits per heavy atom. The molecule has 4 rings (SSSR count). The number of nitrogens with one attached hydrogen (secondary N) is 1. The third-order valence-corrected chi connectivity index (χ3v) is 5.11. The average molecular weight is 398 g/mol. The van der Waals surface area contributed by atoms with Crippen molar-refractivity contribution in [2.45, 2.75) is 18.6 Å². The van der Waals surface area contributed by atoms with Crippen LogP contribution in [-0.4, -0.2) is 61.3 Å². The number of hydrogen-bond donors (Lipinski definition) is 1. The van der Waals surface area contributed by atoms with E-state index in [1.54, 1.807) is 36.4 Å². The number of hydrogen-bond acceptors (Lipinski definition) is 8. The van der Waals surface area contributed by atoms with Crippen LogP contribution in [0.3, 0.4) is 0 Å². The Kier molecular flexibility index (Phi) is 5.41. The number of methoxy groups -OCH3 is 1. The van der Waals surface area contributed by atoms with Gasteiger partial charge in [-0.2, -0.15) is 0 Å². The molecule has 1 aromatic heterocycles. The molecule has 0 saturated carbocycles. The summed E-state index contributed by atoms with van der Waals surface area (Å²) in [4.78, 5) is 26.0. The molecule has 1 N–H and O–H groups in total. The number of anilines is 2. The molecule has 1 spiro atoms. The molecule has 2 aliphatic heterocycles. The van der Waals surface area contributed by atoms with Crippen LogP contribution in [0.15, 0.2) is 36.4 Å². The van der Waals surface area contributed by atoms with E-state index in [0.717, 1.165) is 31.7 Å². The third kappa shape index (κ3) is 4.20. The minimum Gasteiger partial charge on any atom is -0.465 e. The van der Waals surface area contributed by atoms with Gasteiger partial charge in [-0.1, -0.05) is 0 Å². The lowest BCUT2D eigenvalue weighted by atomic mass is 10.0. The molecule has 0 bridgehead atoms. The van der Waals surface area contributed by atoms with Crippen molar-refractivity contribution >= 4 is 23.4 Å². The van der Waals surface area contributed by atoms with Crippen LogP contribution in [0.1, 0.15) is 33.7 Å². The molecule has 2 aromatic rings. The first kappa shape index (κ1) is 19.3. The van der Waals surface area contributed by atoms with Gasteiger partial charge in [0.2, 0.25) is 0 Å². The Balaban J connectivity index is 1.35. The fourth-order valence-electron chi connectivity index (χ4n) is 3.48. The summed E-state index contributed by atoms with van der Waals surface area (Å²) in [6.07, 6.45) is 1.55. The number of carbonyl (C=O) groups excluding carboxylic acids is 2. The molecule has 0 radical (unpaired) electrons. The maximum absolute atomic E-state index is 12.4. The second-order valence-corrected chi connectivity index (χ2v) is 6.89. The van der Waals surface area contributed by atoms with E-state index >= 15 is 0 Å². The standard InChI is InChI=1S/C20H22N4O5/c1-27-19(26)14-2-4-15(5-3-14)21-18(25)16-6-7-17(23-22-16)24-10-8-20(9-11-24)28-12-13-29-20/h2-7H,8-13H2,1H3,(H,21,25). The summed E-state index contributed by atoms with van der Waals surface area (Å²) in [5.74, 6) is -0.524. The highest BCUT2D eigenvalue weighted by Crippen LogP contribution is 2.32. The molecule has 29 heavy (non-hydrogen) atoms. The van der Waals surface area contributed by atoms with Crippen molar-refractivity contribution in [3.63, 3.8) is 0 Å². The SMILES string of the molecule is COC(=O)c1ccc(NC(=O)c2ccc(N3CCC4(CC3)OCCO4)nn2)cc1. The van der Waals surface area contributed by atoms with Crippen molar-refractivity contribution in [1.29, 1.82) is 0 Å². The summed E-state index contributed by atoms with van der Waals surface area (Å²) >= 11 is 0. The van der Waals surface area contributed by atoms with Crippen LogP contribution in [0.4, 0.5) is 11.5 Å². The van der Waals surface area contributed by atoms with Crippen molar-refractivity contribution < 1.29 is 23.8 Å². The van der Waals surface area contributed by atoms with Crippen LogP contribution >= 0.6 is 0 Å². The highest BCUT2D eigenvalue weighted by Gasteiger charge is 2.40. The van der Waals surface area contributed by atoms with Crippen molar-refractivity contribution in [3.05, 3.63) is 47.7 Å². The fourth-order valence-corrected chi connectivity index (χ4v) is 3.48. The van der Waals surface area contributed by atoms with Crippen LogP contribution in [0.5, 0.6) is 0 Å². The molecule has 0 atom stereocenters. The Hall–Kier alpha value is -3.04. The highest BCUT2D eigenvalue weighted by atomic mass is 16.7. The number of amides is 1. The lowest BCUT2D eigenvalue weighted by Crippen LogP contribution is -2.45. The van der Waals surface area contributed by atoms with Gasteiger partial charge >= 0.3 is 5.97 Å². The Morgan fingerprint density at radius 3 is 2.31 bits per heavy atom. The predicted octanol–water partition coefficient (Wildman–Crippen LogP) is 1.86. The number of piperidine rings is 1. The van der Waals surface area contributed by atoms with Crippen molar-refractivity contribution in [1.82, 2.24) is 10.2 Å². The average Bonchev–Trinajstić information content (AvgIpc) is 3.22. The van der Waals surface area contributed by atoms with Gasteiger partial charge in [-0.05, 0) is 36.4 Å². The second kappa shape index (κ2) is 8.14. The Morgan fingerprint density at radius 2 is 1.72 bits per heavy atom. The number of esters is 1.